The summed E-state index contributed by atoms with van der Waals surface area (Å²) in [7, 11) is 0. The highest BCUT2D eigenvalue weighted by Gasteiger charge is 2.17. The molecule has 0 aromatic heterocycles. The van der Waals surface area contributed by atoms with Crippen molar-refractivity contribution >= 4 is 5.96 Å². The van der Waals surface area contributed by atoms with Crippen LogP contribution in [0.25, 0.3) is 0 Å². The smallest absolute Gasteiger partial charge is 0.205 e. The molecule has 0 radical (unpaired) electrons. The molecule has 0 saturated heterocycles. The first-order valence-corrected chi connectivity index (χ1v) is 6.89. The van der Waals surface area contributed by atoms with E-state index in [1.165, 1.54) is 32.1 Å². The maximum Gasteiger partial charge on any atom is 0.205 e. The van der Waals surface area contributed by atoms with Gasteiger partial charge in [0.15, 0.2) is 0 Å². The number of aliphatic imine (C=N–C) groups is 1. The highest BCUT2D eigenvalue weighted by Crippen LogP contribution is 2.30. The molecule has 0 atom stereocenters. The molecule has 1 saturated carbocycles. The van der Waals surface area contributed by atoms with E-state index in [4.69, 9.17) is 5.84 Å². The lowest BCUT2D eigenvalue weighted by molar-refractivity contribution is 0.280. The normalized spacial score (nSPS) is 26.1. The van der Waals surface area contributed by atoms with E-state index >= 15 is 0 Å². The quantitative estimate of drug-likeness (QED) is 0.305. The van der Waals surface area contributed by atoms with Crippen LogP contribution >= 0.6 is 0 Å². The van der Waals surface area contributed by atoms with Crippen molar-refractivity contribution in [1.82, 2.24) is 10.7 Å². The van der Waals surface area contributed by atoms with Gasteiger partial charge in [0.05, 0.1) is 0 Å². The highest BCUT2D eigenvalue weighted by molar-refractivity contribution is 5.79. The minimum Gasteiger partial charge on any atom is -0.353 e. The summed E-state index contributed by atoms with van der Waals surface area (Å²) in [6.45, 7) is 7.39. The lowest BCUT2D eigenvalue weighted by Crippen LogP contribution is -2.44. The molecule has 0 unspecified atom stereocenters. The molecular formula is C13H28N4. The fourth-order valence-corrected chi connectivity index (χ4v) is 2.38. The summed E-state index contributed by atoms with van der Waals surface area (Å²) < 4.78 is 0. The van der Waals surface area contributed by atoms with Gasteiger partial charge in [-0.05, 0) is 32.1 Å². The average Bonchev–Trinajstić information content (AvgIpc) is 2.30. The molecule has 4 N–H and O–H groups in total. The van der Waals surface area contributed by atoms with Crippen molar-refractivity contribution in [2.75, 3.05) is 6.54 Å². The minimum atomic E-state index is 0.361. The summed E-state index contributed by atoms with van der Waals surface area (Å²) in [6, 6.07) is 0.361. The Bertz CT molecular complexity index is 230. The van der Waals surface area contributed by atoms with E-state index in [2.05, 4.69) is 36.5 Å². The van der Waals surface area contributed by atoms with Crippen molar-refractivity contribution in [1.29, 1.82) is 0 Å². The summed E-state index contributed by atoms with van der Waals surface area (Å²) >= 11 is 0. The minimum absolute atomic E-state index is 0.361. The fourth-order valence-electron chi connectivity index (χ4n) is 2.38. The number of hydrogen-bond donors (Lipinski definition) is 3. The summed E-state index contributed by atoms with van der Waals surface area (Å²) in [5.74, 6) is 7.93. The zero-order valence-electron chi connectivity index (χ0n) is 11.5. The third-order valence-corrected chi connectivity index (χ3v) is 3.50. The molecule has 0 aromatic carbocycles. The maximum absolute atomic E-state index is 5.42. The van der Waals surface area contributed by atoms with E-state index in [1.54, 1.807) is 0 Å². The van der Waals surface area contributed by atoms with Crippen LogP contribution in [-0.2, 0) is 0 Å². The first-order chi connectivity index (χ1) is 8.11. The second-order valence-electron chi connectivity index (χ2n) is 5.59. The molecule has 0 amide bonds. The third kappa shape index (κ3) is 5.91. The molecule has 0 heterocycles. The van der Waals surface area contributed by atoms with Crippen LogP contribution < -0.4 is 16.6 Å². The molecular weight excluding hydrogens is 212 g/mol. The Morgan fingerprint density at radius 1 is 1.29 bits per heavy atom. The number of nitrogens with zero attached hydrogens (tertiary/aromatic N) is 1. The van der Waals surface area contributed by atoms with Crippen LogP contribution in [0.4, 0.5) is 0 Å². The van der Waals surface area contributed by atoms with Crippen molar-refractivity contribution in [2.45, 2.75) is 58.9 Å². The van der Waals surface area contributed by atoms with Crippen LogP contribution in [0.5, 0.6) is 0 Å². The van der Waals surface area contributed by atoms with Crippen LogP contribution in [0.15, 0.2) is 4.99 Å². The molecule has 0 bridgehead atoms. The zero-order chi connectivity index (χ0) is 12.7. The fraction of sp³-hybridized carbons (Fsp3) is 0.923. The number of nitrogens with one attached hydrogen (secondary N) is 2. The predicted molar refractivity (Wildman–Crippen MR) is 73.6 cm³/mol. The molecule has 100 valence electrons. The van der Waals surface area contributed by atoms with Crippen molar-refractivity contribution in [3.8, 4) is 0 Å². The number of guanidine groups is 1. The molecule has 0 aliphatic heterocycles. The Hall–Kier alpha value is -0.770. The van der Waals surface area contributed by atoms with E-state index in [0.29, 0.717) is 12.0 Å². The SMILES string of the molecule is CC1CCC(CCN=C(NN)NC(C)C)CC1. The lowest BCUT2D eigenvalue weighted by Gasteiger charge is -2.25. The van der Waals surface area contributed by atoms with E-state index < -0.39 is 0 Å². The number of nitrogens with two attached hydrogens (primary N) is 1. The predicted octanol–water partition coefficient (Wildman–Crippen LogP) is 2.02. The van der Waals surface area contributed by atoms with Gasteiger partial charge in [-0.3, -0.25) is 10.4 Å². The van der Waals surface area contributed by atoms with Crippen LogP contribution in [-0.4, -0.2) is 18.5 Å². The van der Waals surface area contributed by atoms with Crippen molar-refractivity contribution in [3.05, 3.63) is 0 Å². The van der Waals surface area contributed by atoms with Gasteiger partial charge in [0.25, 0.3) is 0 Å². The molecule has 1 aliphatic carbocycles. The van der Waals surface area contributed by atoms with Crippen molar-refractivity contribution < 1.29 is 0 Å². The molecule has 0 spiro atoms. The van der Waals surface area contributed by atoms with Crippen LogP contribution in [0, 0.1) is 11.8 Å². The van der Waals surface area contributed by atoms with E-state index in [-0.39, 0.29) is 0 Å². The Labute approximate surface area is 105 Å². The van der Waals surface area contributed by atoms with Gasteiger partial charge < -0.3 is 5.32 Å². The first-order valence-electron chi connectivity index (χ1n) is 6.89. The van der Waals surface area contributed by atoms with Gasteiger partial charge >= 0.3 is 0 Å². The Balaban J connectivity index is 2.22. The lowest BCUT2D eigenvalue weighted by atomic mass is 9.81. The van der Waals surface area contributed by atoms with Crippen molar-refractivity contribution in [3.63, 3.8) is 0 Å². The van der Waals surface area contributed by atoms with E-state index in [0.717, 1.165) is 18.4 Å². The van der Waals surface area contributed by atoms with Crippen molar-refractivity contribution in [2.24, 2.45) is 22.7 Å². The standard InChI is InChI=1S/C13H28N4/c1-10(2)16-13(17-14)15-9-8-12-6-4-11(3)5-7-12/h10-12H,4-9,14H2,1-3H3,(H2,15,16,17). The van der Waals surface area contributed by atoms with Crippen LogP contribution in [0.1, 0.15) is 52.9 Å². The molecule has 1 aliphatic rings. The summed E-state index contributed by atoms with van der Waals surface area (Å²) in [5.41, 5.74) is 2.62. The second-order valence-corrected chi connectivity index (χ2v) is 5.59. The topological polar surface area (TPSA) is 62.4 Å². The average molecular weight is 240 g/mol. The second kappa shape index (κ2) is 7.54. The van der Waals surface area contributed by atoms with E-state index in [9.17, 15) is 0 Å². The summed E-state index contributed by atoms with van der Waals surface area (Å²) in [5, 5.41) is 3.19. The monoisotopic (exact) mass is 240 g/mol. The molecule has 17 heavy (non-hydrogen) atoms. The molecule has 1 rings (SSSR count). The van der Waals surface area contributed by atoms with Gasteiger partial charge in [-0.2, -0.15) is 0 Å². The molecule has 0 aromatic rings. The Morgan fingerprint density at radius 3 is 2.47 bits per heavy atom. The largest absolute Gasteiger partial charge is 0.353 e. The van der Waals surface area contributed by atoms with Crippen LogP contribution in [0.3, 0.4) is 0 Å². The zero-order valence-corrected chi connectivity index (χ0v) is 11.5. The maximum atomic E-state index is 5.42. The third-order valence-electron chi connectivity index (χ3n) is 3.50. The van der Waals surface area contributed by atoms with Crippen LogP contribution in [0.2, 0.25) is 0 Å². The van der Waals surface area contributed by atoms with Gasteiger partial charge in [-0.25, -0.2) is 5.84 Å². The first kappa shape index (κ1) is 14.3. The summed E-state index contributed by atoms with van der Waals surface area (Å²) in [4.78, 5) is 4.46. The van der Waals surface area contributed by atoms with Gasteiger partial charge in [0, 0.05) is 12.6 Å². The van der Waals surface area contributed by atoms with E-state index in [1.807, 2.05) is 0 Å². The molecule has 1 fully saturated rings. The Kier molecular flexibility index (Phi) is 6.34. The number of hydrogen-bond acceptors (Lipinski definition) is 2. The molecule has 4 heteroatoms. The number of rotatable bonds is 4. The summed E-state index contributed by atoms with van der Waals surface area (Å²) in [6.07, 6.45) is 6.72. The molecule has 4 nitrogen and oxygen atoms in total. The van der Waals surface area contributed by atoms with Gasteiger partial charge in [-0.1, -0.05) is 32.6 Å². The van der Waals surface area contributed by atoms with Gasteiger partial charge in [0.1, 0.15) is 0 Å². The van der Waals surface area contributed by atoms with Gasteiger partial charge in [0.2, 0.25) is 5.96 Å². The van der Waals surface area contributed by atoms with Gasteiger partial charge in [-0.15, -0.1) is 0 Å². The Morgan fingerprint density at radius 2 is 1.94 bits per heavy atom. The highest BCUT2D eigenvalue weighted by atomic mass is 15.3. The number of hydrazine groups is 1.